The molecule has 0 amide bonds. The van der Waals surface area contributed by atoms with Crippen molar-refractivity contribution in [1.29, 1.82) is 0 Å². The Kier molecular flexibility index (Phi) is 2.31. The zero-order valence-corrected chi connectivity index (χ0v) is 8.35. The van der Waals surface area contributed by atoms with Gasteiger partial charge in [-0.2, -0.15) is 0 Å². The molecular formula is C10H8Cl2O. The highest BCUT2D eigenvalue weighted by atomic mass is 35.5. The summed E-state index contributed by atoms with van der Waals surface area (Å²) in [6.45, 7) is 0. The van der Waals surface area contributed by atoms with Crippen molar-refractivity contribution in [3.63, 3.8) is 0 Å². The van der Waals surface area contributed by atoms with Crippen LogP contribution in [0.15, 0.2) is 24.3 Å². The summed E-state index contributed by atoms with van der Waals surface area (Å²) in [5, 5.41) is -0.847. The molecule has 0 fully saturated rings. The minimum Gasteiger partial charge on any atom is -0.292 e. The van der Waals surface area contributed by atoms with Crippen LogP contribution in [0.25, 0.3) is 0 Å². The van der Waals surface area contributed by atoms with Crippen molar-refractivity contribution in [3.05, 3.63) is 35.4 Å². The third-order valence-electron chi connectivity index (χ3n) is 2.27. The van der Waals surface area contributed by atoms with Gasteiger partial charge in [0.05, 0.1) is 5.38 Å². The van der Waals surface area contributed by atoms with E-state index in [1.807, 2.05) is 18.2 Å². The van der Waals surface area contributed by atoms with E-state index in [2.05, 4.69) is 0 Å². The Balaban J connectivity index is 2.49. The molecule has 68 valence electrons. The first kappa shape index (κ1) is 9.04. The molecule has 13 heavy (non-hydrogen) atoms. The Morgan fingerprint density at radius 1 is 1.23 bits per heavy atom. The van der Waals surface area contributed by atoms with Crippen LogP contribution < -0.4 is 0 Å². The van der Waals surface area contributed by atoms with Crippen LogP contribution in [0.2, 0.25) is 0 Å². The van der Waals surface area contributed by atoms with Crippen molar-refractivity contribution in [1.82, 2.24) is 0 Å². The summed E-state index contributed by atoms with van der Waals surface area (Å²) in [6, 6.07) is 7.47. The summed E-state index contributed by atoms with van der Waals surface area (Å²) in [5.41, 5.74) is 1.73. The first-order chi connectivity index (χ1) is 6.20. The molecule has 2 atom stereocenters. The maximum absolute atomic E-state index is 11.6. The average molecular weight is 215 g/mol. The maximum atomic E-state index is 11.6. The maximum Gasteiger partial charge on any atom is 0.182 e. The number of benzene rings is 1. The van der Waals surface area contributed by atoms with Crippen LogP contribution in [0.1, 0.15) is 15.9 Å². The molecule has 2 rings (SSSR count). The Bertz CT molecular complexity index is 349. The Hall–Kier alpha value is -0.530. The molecule has 0 radical (unpaired) electrons. The number of hydrogen-bond acceptors (Lipinski definition) is 1. The van der Waals surface area contributed by atoms with Crippen molar-refractivity contribution in [2.75, 3.05) is 0 Å². The monoisotopic (exact) mass is 214 g/mol. The summed E-state index contributed by atoms with van der Waals surface area (Å²) in [4.78, 5) is 11.6. The van der Waals surface area contributed by atoms with Gasteiger partial charge < -0.3 is 0 Å². The smallest absolute Gasteiger partial charge is 0.182 e. The molecule has 1 aliphatic rings. The van der Waals surface area contributed by atoms with Gasteiger partial charge in [0.25, 0.3) is 0 Å². The van der Waals surface area contributed by atoms with Gasteiger partial charge in [-0.05, 0) is 12.0 Å². The van der Waals surface area contributed by atoms with Crippen molar-refractivity contribution in [3.8, 4) is 0 Å². The largest absolute Gasteiger partial charge is 0.292 e. The fourth-order valence-corrected chi connectivity index (χ4v) is 2.05. The number of fused-ring (bicyclic) bond motifs is 1. The van der Waals surface area contributed by atoms with Crippen LogP contribution in [0.5, 0.6) is 0 Å². The molecule has 2 unspecified atom stereocenters. The number of Topliss-reactive ketones (excluding diaryl/α,β-unsaturated/α-hetero) is 1. The lowest BCUT2D eigenvalue weighted by molar-refractivity contribution is 0.0978. The quantitative estimate of drug-likeness (QED) is 0.608. The van der Waals surface area contributed by atoms with Gasteiger partial charge in [0.1, 0.15) is 5.38 Å². The third kappa shape index (κ3) is 1.47. The van der Waals surface area contributed by atoms with Gasteiger partial charge >= 0.3 is 0 Å². The van der Waals surface area contributed by atoms with Crippen LogP contribution >= 0.6 is 23.2 Å². The normalized spacial score (nSPS) is 27.1. The first-order valence-electron chi connectivity index (χ1n) is 4.10. The summed E-state index contributed by atoms with van der Waals surface area (Å²) < 4.78 is 0. The number of carbonyl (C=O) groups excluding carboxylic acids is 1. The molecule has 1 nitrogen and oxygen atoms in total. The zero-order valence-electron chi connectivity index (χ0n) is 6.84. The van der Waals surface area contributed by atoms with Crippen molar-refractivity contribution >= 4 is 29.0 Å². The second kappa shape index (κ2) is 3.32. The lowest BCUT2D eigenvalue weighted by atomic mass is 9.90. The fraction of sp³-hybridized carbons (Fsp3) is 0.300. The number of hydrogen-bond donors (Lipinski definition) is 0. The number of carbonyl (C=O) groups is 1. The van der Waals surface area contributed by atoms with Crippen LogP contribution in [0.4, 0.5) is 0 Å². The molecule has 0 saturated carbocycles. The van der Waals surface area contributed by atoms with Gasteiger partial charge in [-0.15, -0.1) is 23.2 Å². The van der Waals surface area contributed by atoms with Gasteiger partial charge in [-0.3, -0.25) is 4.79 Å². The standard InChI is InChI=1S/C10H8Cl2O/c11-8-5-6-3-1-2-4-7(6)10(13)9(8)12/h1-4,8-9H,5H2. The predicted molar refractivity (Wildman–Crippen MR) is 53.8 cm³/mol. The van der Waals surface area contributed by atoms with Gasteiger partial charge in [0.15, 0.2) is 5.78 Å². The van der Waals surface area contributed by atoms with Gasteiger partial charge in [-0.25, -0.2) is 0 Å². The molecule has 0 aromatic heterocycles. The number of alkyl halides is 2. The van der Waals surface area contributed by atoms with Crippen molar-refractivity contribution in [2.24, 2.45) is 0 Å². The molecule has 1 aromatic carbocycles. The van der Waals surface area contributed by atoms with E-state index < -0.39 is 5.38 Å². The first-order valence-corrected chi connectivity index (χ1v) is 4.97. The molecule has 0 saturated heterocycles. The molecule has 1 aromatic rings. The van der Waals surface area contributed by atoms with Gasteiger partial charge in [0.2, 0.25) is 0 Å². The van der Waals surface area contributed by atoms with Crippen molar-refractivity contribution < 1.29 is 4.79 Å². The molecule has 3 heteroatoms. The van der Waals surface area contributed by atoms with Crippen LogP contribution in [0, 0.1) is 0 Å². The number of ketones is 1. The molecule has 0 aliphatic heterocycles. The van der Waals surface area contributed by atoms with E-state index in [0.717, 1.165) is 11.1 Å². The van der Waals surface area contributed by atoms with Crippen molar-refractivity contribution in [2.45, 2.75) is 17.2 Å². The Labute approximate surface area is 86.7 Å². The number of rotatable bonds is 0. The van der Waals surface area contributed by atoms with E-state index in [4.69, 9.17) is 23.2 Å². The Morgan fingerprint density at radius 2 is 1.92 bits per heavy atom. The second-order valence-corrected chi connectivity index (χ2v) is 4.17. The zero-order chi connectivity index (χ0) is 9.42. The van der Waals surface area contributed by atoms with Gasteiger partial charge in [-0.1, -0.05) is 24.3 Å². The third-order valence-corrected chi connectivity index (χ3v) is 3.30. The lowest BCUT2D eigenvalue weighted by Gasteiger charge is -2.23. The highest BCUT2D eigenvalue weighted by Crippen LogP contribution is 2.27. The number of halogens is 2. The SMILES string of the molecule is O=C1c2ccccc2CC(Cl)C1Cl. The molecule has 1 aliphatic carbocycles. The molecule has 0 heterocycles. The topological polar surface area (TPSA) is 17.1 Å². The molecule has 0 bridgehead atoms. The van der Waals surface area contributed by atoms with E-state index in [1.54, 1.807) is 6.07 Å². The predicted octanol–water partition coefficient (Wildman–Crippen LogP) is 2.64. The Morgan fingerprint density at radius 3 is 2.69 bits per heavy atom. The highest BCUT2D eigenvalue weighted by Gasteiger charge is 2.32. The summed E-state index contributed by atoms with van der Waals surface area (Å²) in [7, 11) is 0. The van der Waals surface area contributed by atoms with E-state index in [0.29, 0.717) is 6.42 Å². The van der Waals surface area contributed by atoms with Crippen LogP contribution in [-0.4, -0.2) is 16.5 Å². The van der Waals surface area contributed by atoms with E-state index in [-0.39, 0.29) is 11.2 Å². The minimum absolute atomic E-state index is 0.0523. The van der Waals surface area contributed by atoms with E-state index >= 15 is 0 Å². The van der Waals surface area contributed by atoms with E-state index in [9.17, 15) is 4.79 Å². The molecular weight excluding hydrogens is 207 g/mol. The summed E-state index contributed by atoms with van der Waals surface area (Å²) in [5.74, 6) is -0.0523. The summed E-state index contributed by atoms with van der Waals surface area (Å²) in [6.07, 6.45) is 0.678. The van der Waals surface area contributed by atoms with Crippen LogP contribution in [-0.2, 0) is 6.42 Å². The average Bonchev–Trinajstić information content (AvgIpc) is 2.15. The second-order valence-electron chi connectivity index (χ2n) is 3.14. The minimum atomic E-state index is -0.573. The highest BCUT2D eigenvalue weighted by molar-refractivity contribution is 6.40. The fourth-order valence-electron chi connectivity index (χ4n) is 1.57. The van der Waals surface area contributed by atoms with E-state index in [1.165, 1.54) is 0 Å². The molecule has 0 spiro atoms. The van der Waals surface area contributed by atoms with Gasteiger partial charge in [0, 0.05) is 5.56 Å². The molecule has 0 N–H and O–H groups in total. The summed E-state index contributed by atoms with van der Waals surface area (Å²) >= 11 is 11.8. The lowest BCUT2D eigenvalue weighted by Crippen LogP contribution is -2.32. The van der Waals surface area contributed by atoms with Crippen LogP contribution in [0.3, 0.4) is 0 Å².